The summed E-state index contributed by atoms with van der Waals surface area (Å²) in [4.78, 5) is 39.9. The topological polar surface area (TPSA) is 114 Å². The van der Waals surface area contributed by atoms with E-state index in [0.29, 0.717) is 23.9 Å². The second kappa shape index (κ2) is 53.6. The zero-order valence-corrected chi connectivity index (χ0v) is 49.7. The monoisotopic (exact) mass is 1050 g/mol. The highest BCUT2D eigenvalue weighted by atomic mass is 31.2. The van der Waals surface area contributed by atoms with E-state index in [1.54, 1.807) is 0 Å². The van der Waals surface area contributed by atoms with Gasteiger partial charge in [0.25, 0.3) is 7.82 Å². The number of nitrogens with zero attached hydrogens (tertiary/aromatic N) is 1. The van der Waals surface area contributed by atoms with Crippen molar-refractivity contribution in [1.82, 2.24) is 5.32 Å². The second-order valence-electron chi connectivity index (χ2n) is 21.5. The first kappa shape index (κ1) is 71.2. The number of carbonyl (C=O) groups is 2. The van der Waals surface area contributed by atoms with Gasteiger partial charge in [0.2, 0.25) is 5.91 Å². The Morgan fingerprint density at radius 1 is 0.473 bits per heavy atom. The van der Waals surface area contributed by atoms with Gasteiger partial charge in [0.1, 0.15) is 19.3 Å². The Bertz CT molecular complexity index is 1540. The number of phosphoric ester groups is 1. The molecule has 1 N–H and O–H groups in total. The van der Waals surface area contributed by atoms with E-state index in [1.165, 1.54) is 122 Å². The number of likely N-dealkylation sites (N-methyl/N-ethyl adjacent to an activating group) is 1. The van der Waals surface area contributed by atoms with Crippen LogP contribution in [0.3, 0.4) is 0 Å². The highest BCUT2D eigenvalue weighted by Gasteiger charge is 2.27. The number of hydrogen-bond acceptors (Lipinski definition) is 7. The Balaban J connectivity index is 5.37. The van der Waals surface area contributed by atoms with Gasteiger partial charge in [0.05, 0.1) is 33.8 Å². The van der Waals surface area contributed by atoms with Gasteiger partial charge in [-0.25, -0.2) is 0 Å². The summed E-state index contributed by atoms with van der Waals surface area (Å²) in [7, 11) is 1.15. The van der Waals surface area contributed by atoms with Crippen molar-refractivity contribution in [1.29, 1.82) is 0 Å². The number of unbranched alkanes of at least 4 members (excludes halogenated alkanes) is 26. The molecule has 428 valence electrons. The van der Waals surface area contributed by atoms with Crippen LogP contribution in [0.25, 0.3) is 0 Å². The van der Waals surface area contributed by atoms with Gasteiger partial charge in [-0.05, 0) is 109 Å². The number of esters is 1. The average molecular weight is 1060 g/mol. The summed E-state index contributed by atoms with van der Waals surface area (Å²) in [5.41, 5.74) is 0. The predicted molar refractivity (Wildman–Crippen MR) is 316 cm³/mol. The molecular weight excluding hydrogens is 940 g/mol. The zero-order valence-electron chi connectivity index (χ0n) is 48.8. The molecule has 0 aromatic heterocycles. The van der Waals surface area contributed by atoms with Crippen LogP contribution >= 0.6 is 7.82 Å². The molecule has 0 fully saturated rings. The van der Waals surface area contributed by atoms with Crippen molar-refractivity contribution in [3.8, 4) is 0 Å². The molecule has 1 amide bonds. The van der Waals surface area contributed by atoms with Crippen molar-refractivity contribution in [3.63, 3.8) is 0 Å². The third-order valence-corrected chi connectivity index (χ3v) is 14.0. The Hall–Kier alpha value is -2.81. The van der Waals surface area contributed by atoms with Crippen LogP contribution in [0.4, 0.5) is 0 Å². The summed E-state index contributed by atoms with van der Waals surface area (Å²) in [5.74, 6) is -0.588. The van der Waals surface area contributed by atoms with Crippen molar-refractivity contribution < 1.29 is 37.3 Å². The number of hydrogen-bond donors (Lipinski definition) is 1. The van der Waals surface area contributed by atoms with Gasteiger partial charge < -0.3 is 28.5 Å². The summed E-state index contributed by atoms with van der Waals surface area (Å²) in [6, 6.07) is -0.909. The molecule has 0 saturated heterocycles. The number of ether oxygens (including phenoxy) is 1. The van der Waals surface area contributed by atoms with E-state index in [-0.39, 0.29) is 24.9 Å². The van der Waals surface area contributed by atoms with Gasteiger partial charge in [0.15, 0.2) is 0 Å². The maximum atomic E-state index is 13.5. The fourth-order valence-corrected chi connectivity index (χ4v) is 9.02. The van der Waals surface area contributed by atoms with E-state index >= 15 is 0 Å². The number of allylic oxidation sites excluding steroid dienone is 13. The maximum absolute atomic E-state index is 13.5. The minimum absolute atomic E-state index is 0.0327. The van der Waals surface area contributed by atoms with Crippen LogP contribution in [0.5, 0.6) is 0 Å². The van der Waals surface area contributed by atoms with E-state index in [1.807, 2.05) is 33.3 Å². The lowest BCUT2D eigenvalue weighted by atomic mass is 10.0. The van der Waals surface area contributed by atoms with Gasteiger partial charge in [-0.15, -0.1) is 0 Å². The SMILES string of the molecule is CCCCC/C=C\C/C=C\C/C=C\C/C=C\CCCCCC(=O)OC(/C=C/CCCCCCCCCCCC)C(COP(=O)([O-])OCC[N+](C)(C)C)NC(=O)CCCCCCCCC/C=C\C/C=C\CCCCC. The summed E-state index contributed by atoms with van der Waals surface area (Å²) < 4.78 is 30.3. The smallest absolute Gasteiger partial charge is 0.306 e. The third-order valence-electron chi connectivity index (χ3n) is 13.0. The average Bonchev–Trinajstić information content (AvgIpc) is 3.36. The van der Waals surface area contributed by atoms with E-state index in [2.05, 4.69) is 99.0 Å². The molecule has 0 bridgehead atoms. The highest BCUT2D eigenvalue weighted by Crippen LogP contribution is 2.38. The molecule has 0 saturated carbocycles. The number of amides is 1. The molecule has 10 heteroatoms. The minimum Gasteiger partial charge on any atom is -0.756 e. The van der Waals surface area contributed by atoms with Crippen molar-refractivity contribution in [3.05, 3.63) is 85.1 Å². The Kier molecular flexibility index (Phi) is 51.5. The standard InChI is InChI=1S/C64H115N2O7P/c1-7-10-13-16-19-22-25-28-30-32-33-35-37-39-42-45-48-51-54-57-64(68)73-62(55-52-49-46-43-40-27-24-21-18-15-12-9-3)61(60-72-74(69,70)71-59-58-66(4,5)6)65-63(67)56-53-50-47-44-41-38-36-34-31-29-26-23-20-17-14-11-8-2/h19-20,22-23,28-31,33,35,39,42,52,55,61-62H,7-18,21,24-27,32,34,36-38,40-41,43-51,53-54,56-60H2,1-6H3,(H-,65,67,69,70)/b22-19-,23-20-,30-28-,31-29-,35-33-,42-39-,55-52+. The number of rotatable bonds is 54. The van der Waals surface area contributed by atoms with Gasteiger partial charge >= 0.3 is 5.97 Å². The maximum Gasteiger partial charge on any atom is 0.306 e. The fraction of sp³-hybridized carbons (Fsp3) is 0.750. The lowest BCUT2D eigenvalue weighted by Gasteiger charge is -2.30. The van der Waals surface area contributed by atoms with Crippen molar-refractivity contribution in [2.75, 3.05) is 40.9 Å². The van der Waals surface area contributed by atoms with Gasteiger partial charge in [0, 0.05) is 12.8 Å². The molecule has 0 rings (SSSR count). The molecule has 3 unspecified atom stereocenters. The minimum atomic E-state index is -4.71. The second-order valence-corrected chi connectivity index (χ2v) is 22.9. The molecule has 0 radical (unpaired) electrons. The summed E-state index contributed by atoms with van der Waals surface area (Å²) >= 11 is 0. The van der Waals surface area contributed by atoms with Crippen molar-refractivity contribution in [2.24, 2.45) is 0 Å². The zero-order chi connectivity index (χ0) is 54.3. The molecule has 74 heavy (non-hydrogen) atoms. The number of phosphoric acid groups is 1. The molecule has 0 spiro atoms. The molecule has 0 aromatic carbocycles. The lowest BCUT2D eigenvalue weighted by molar-refractivity contribution is -0.870. The van der Waals surface area contributed by atoms with Crippen LogP contribution in [0.2, 0.25) is 0 Å². The Morgan fingerprint density at radius 2 is 0.824 bits per heavy atom. The Morgan fingerprint density at radius 3 is 1.27 bits per heavy atom. The summed E-state index contributed by atoms with van der Waals surface area (Å²) in [5, 5.41) is 3.01. The predicted octanol–water partition coefficient (Wildman–Crippen LogP) is 18.0. The van der Waals surface area contributed by atoms with E-state index in [9.17, 15) is 19.0 Å². The highest BCUT2D eigenvalue weighted by molar-refractivity contribution is 7.45. The van der Waals surface area contributed by atoms with Gasteiger partial charge in [-0.2, -0.15) is 0 Å². The Labute approximate surface area is 456 Å². The molecule has 0 aliphatic carbocycles. The third kappa shape index (κ3) is 54.0. The van der Waals surface area contributed by atoms with Crippen LogP contribution in [0.1, 0.15) is 258 Å². The lowest BCUT2D eigenvalue weighted by Crippen LogP contribution is -2.47. The first-order chi connectivity index (χ1) is 35.9. The summed E-state index contributed by atoms with van der Waals surface area (Å²) in [6.07, 6.45) is 69.7. The van der Waals surface area contributed by atoms with Crippen molar-refractivity contribution >= 4 is 19.7 Å². The molecule has 0 aliphatic rings. The molecule has 0 aromatic rings. The number of quaternary nitrogens is 1. The van der Waals surface area contributed by atoms with E-state index < -0.39 is 26.6 Å². The van der Waals surface area contributed by atoms with Crippen LogP contribution in [0.15, 0.2) is 85.1 Å². The first-order valence-corrected chi connectivity index (χ1v) is 31.9. The van der Waals surface area contributed by atoms with Crippen LogP contribution in [-0.2, 0) is 27.9 Å². The first-order valence-electron chi connectivity index (χ1n) is 30.4. The molecular formula is C64H115N2O7P. The van der Waals surface area contributed by atoms with Gasteiger partial charge in [-0.3, -0.25) is 14.2 Å². The van der Waals surface area contributed by atoms with Crippen LogP contribution < -0.4 is 10.2 Å². The van der Waals surface area contributed by atoms with Crippen molar-refractivity contribution in [2.45, 2.75) is 270 Å². The van der Waals surface area contributed by atoms with Crippen LogP contribution in [0, 0.1) is 0 Å². The molecule has 3 atom stereocenters. The van der Waals surface area contributed by atoms with Crippen LogP contribution in [-0.4, -0.2) is 69.4 Å². The molecule has 0 heterocycles. The molecule has 0 aliphatic heterocycles. The van der Waals surface area contributed by atoms with E-state index in [0.717, 1.165) is 96.3 Å². The number of carbonyl (C=O) groups excluding carboxylic acids is 2. The quantitative estimate of drug-likeness (QED) is 0.0212. The largest absolute Gasteiger partial charge is 0.756 e. The summed E-state index contributed by atoms with van der Waals surface area (Å²) in [6.45, 7) is 6.76. The normalized spacial score (nSPS) is 14.3. The molecule has 9 nitrogen and oxygen atoms in total. The van der Waals surface area contributed by atoms with Gasteiger partial charge in [-0.1, -0.05) is 222 Å². The fourth-order valence-electron chi connectivity index (χ4n) is 8.30. The number of nitrogens with one attached hydrogen (secondary N) is 1. The van der Waals surface area contributed by atoms with E-state index in [4.69, 9.17) is 13.8 Å².